The molecular weight excluding hydrogens is 453 g/mol. The third-order valence-corrected chi connectivity index (χ3v) is 7.36. The summed E-state index contributed by atoms with van der Waals surface area (Å²) in [5.74, 6) is 0.891. The molecule has 3 nitrogen and oxygen atoms in total. The van der Waals surface area contributed by atoms with Crippen LogP contribution in [-0.2, 0) is 6.54 Å². The van der Waals surface area contributed by atoms with Gasteiger partial charge in [0, 0.05) is 62.1 Å². The number of hydrogen-bond acceptors (Lipinski definition) is 4. The first kappa shape index (κ1) is 19.5. The van der Waals surface area contributed by atoms with Gasteiger partial charge in [-0.25, -0.2) is 9.97 Å². The van der Waals surface area contributed by atoms with Gasteiger partial charge in [-0.05, 0) is 35.7 Å². The molecule has 0 saturated carbocycles. The summed E-state index contributed by atoms with van der Waals surface area (Å²) in [6, 6.07) is 12.0. The van der Waals surface area contributed by atoms with Gasteiger partial charge in [0.05, 0.1) is 4.88 Å². The van der Waals surface area contributed by atoms with Crippen molar-refractivity contribution >= 4 is 56.1 Å². The second kappa shape index (κ2) is 8.00. The van der Waals surface area contributed by atoms with Gasteiger partial charge in [0.15, 0.2) is 5.82 Å². The maximum atomic E-state index is 6.60. The van der Waals surface area contributed by atoms with Crippen molar-refractivity contribution in [2.45, 2.75) is 6.54 Å². The van der Waals surface area contributed by atoms with E-state index in [1.165, 1.54) is 0 Å². The SMILES string of the molecule is C=CCn1ccnc1-c1sc(-c2ccnc3sccc23)cc1-c1ccc(Cl)cc1Cl. The van der Waals surface area contributed by atoms with Gasteiger partial charge < -0.3 is 4.57 Å². The van der Waals surface area contributed by atoms with Gasteiger partial charge in [0.25, 0.3) is 0 Å². The van der Waals surface area contributed by atoms with Gasteiger partial charge in [-0.15, -0.1) is 29.3 Å². The summed E-state index contributed by atoms with van der Waals surface area (Å²) < 4.78 is 2.09. The van der Waals surface area contributed by atoms with Crippen molar-refractivity contribution in [1.29, 1.82) is 0 Å². The highest BCUT2D eigenvalue weighted by Gasteiger charge is 2.20. The Balaban J connectivity index is 1.77. The molecule has 30 heavy (non-hydrogen) atoms. The molecule has 0 fully saturated rings. The molecule has 0 aliphatic carbocycles. The molecule has 4 heterocycles. The maximum Gasteiger partial charge on any atom is 0.150 e. The average molecular weight is 468 g/mol. The summed E-state index contributed by atoms with van der Waals surface area (Å²) >= 11 is 16.1. The average Bonchev–Trinajstić information content (AvgIpc) is 3.47. The van der Waals surface area contributed by atoms with Crippen molar-refractivity contribution in [3.05, 3.63) is 83.1 Å². The van der Waals surface area contributed by atoms with E-state index in [1.807, 2.05) is 36.8 Å². The Hall–Kier alpha value is -2.44. The number of halogens is 2. The topological polar surface area (TPSA) is 30.7 Å². The van der Waals surface area contributed by atoms with E-state index >= 15 is 0 Å². The predicted molar refractivity (Wildman–Crippen MR) is 130 cm³/mol. The lowest BCUT2D eigenvalue weighted by Gasteiger charge is -2.08. The third-order valence-electron chi connectivity index (χ3n) is 4.83. The quantitative estimate of drug-likeness (QED) is 0.244. The molecule has 5 aromatic rings. The van der Waals surface area contributed by atoms with Crippen molar-refractivity contribution in [3.63, 3.8) is 0 Å². The lowest BCUT2D eigenvalue weighted by atomic mass is 10.0. The highest BCUT2D eigenvalue weighted by molar-refractivity contribution is 7.20. The molecule has 0 radical (unpaired) electrons. The minimum absolute atomic E-state index is 0.614. The zero-order valence-corrected chi connectivity index (χ0v) is 18.8. The van der Waals surface area contributed by atoms with Crippen molar-refractivity contribution in [3.8, 4) is 32.3 Å². The molecular formula is C23H15Cl2N3S2. The van der Waals surface area contributed by atoms with E-state index in [4.69, 9.17) is 23.2 Å². The number of aromatic nitrogens is 3. The van der Waals surface area contributed by atoms with Gasteiger partial charge in [-0.1, -0.05) is 35.3 Å². The van der Waals surface area contributed by atoms with Crippen molar-refractivity contribution in [2.75, 3.05) is 0 Å². The van der Waals surface area contributed by atoms with Gasteiger partial charge in [-0.2, -0.15) is 0 Å². The highest BCUT2D eigenvalue weighted by Crippen LogP contribution is 2.46. The molecule has 0 atom stereocenters. The summed E-state index contributed by atoms with van der Waals surface area (Å²) in [4.78, 5) is 12.4. The molecule has 0 aliphatic rings. The van der Waals surface area contributed by atoms with Crippen molar-refractivity contribution in [1.82, 2.24) is 14.5 Å². The highest BCUT2D eigenvalue weighted by atomic mass is 35.5. The minimum Gasteiger partial charge on any atom is -0.326 e. The molecule has 7 heteroatoms. The Morgan fingerprint density at radius 1 is 1.00 bits per heavy atom. The Morgan fingerprint density at radius 2 is 1.90 bits per heavy atom. The van der Waals surface area contributed by atoms with Crippen LogP contribution in [0.2, 0.25) is 10.0 Å². The largest absolute Gasteiger partial charge is 0.326 e. The number of thiophene rings is 2. The summed E-state index contributed by atoms with van der Waals surface area (Å²) in [7, 11) is 0. The molecule has 0 saturated heterocycles. The fourth-order valence-electron chi connectivity index (χ4n) is 3.49. The third kappa shape index (κ3) is 3.38. The molecule has 5 rings (SSSR count). The van der Waals surface area contributed by atoms with E-state index in [2.05, 4.69) is 44.7 Å². The standard InChI is InChI=1S/C23H15Cl2N3S2/c1-2-9-28-10-8-26-22(28)21-18(15-4-3-14(24)12-19(15)25)13-20(30-21)16-5-7-27-23-17(16)6-11-29-23/h2-8,10-13H,1,9H2. The number of hydrogen-bond donors (Lipinski definition) is 0. The van der Waals surface area contributed by atoms with Gasteiger partial charge in [0.1, 0.15) is 4.83 Å². The fourth-order valence-corrected chi connectivity index (χ4v) is 5.99. The summed E-state index contributed by atoms with van der Waals surface area (Å²) in [5.41, 5.74) is 3.13. The van der Waals surface area contributed by atoms with Crippen LogP contribution in [-0.4, -0.2) is 14.5 Å². The van der Waals surface area contributed by atoms with Gasteiger partial charge in [-0.3, -0.25) is 0 Å². The first-order valence-corrected chi connectivity index (χ1v) is 11.6. The van der Waals surface area contributed by atoms with E-state index < -0.39 is 0 Å². The van der Waals surface area contributed by atoms with Crippen LogP contribution in [0.4, 0.5) is 0 Å². The zero-order chi connectivity index (χ0) is 20.7. The Bertz CT molecular complexity index is 1380. The fraction of sp³-hybridized carbons (Fsp3) is 0.0435. The summed E-state index contributed by atoms with van der Waals surface area (Å²) in [6.45, 7) is 4.55. The number of nitrogens with zero attached hydrogens (tertiary/aromatic N) is 3. The van der Waals surface area contributed by atoms with Crippen LogP contribution in [0.1, 0.15) is 0 Å². The Kier molecular flexibility index (Phi) is 5.21. The Morgan fingerprint density at radius 3 is 2.73 bits per heavy atom. The zero-order valence-electron chi connectivity index (χ0n) is 15.7. The number of allylic oxidation sites excluding steroid dienone is 1. The van der Waals surface area contributed by atoms with E-state index in [1.54, 1.807) is 28.7 Å². The molecule has 0 unspecified atom stereocenters. The van der Waals surface area contributed by atoms with Crippen LogP contribution in [0.5, 0.6) is 0 Å². The molecule has 0 bridgehead atoms. The van der Waals surface area contributed by atoms with Crippen LogP contribution < -0.4 is 0 Å². The molecule has 0 aliphatic heterocycles. The van der Waals surface area contributed by atoms with E-state index in [9.17, 15) is 0 Å². The minimum atomic E-state index is 0.614. The number of benzene rings is 1. The number of fused-ring (bicyclic) bond motifs is 1. The van der Waals surface area contributed by atoms with E-state index in [0.717, 1.165) is 42.5 Å². The molecule has 1 aromatic carbocycles. The Labute approximate surface area is 191 Å². The van der Waals surface area contributed by atoms with Crippen LogP contribution >= 0.6 is 45.9 Å². The van der Waals surface area contributed by atoms with Crippen LogP contribution in [0.3, 0.4) is 0 Å². The van der Waals surface area contributed by atoms with E-state index in [0.29, 0.717) is 16.6 Å². The smallest absolute Gasteiger partial charge is 0.150 e. The molecule has 4 aromatic heterocycles. The molecule has 0 amide bonds. The molecule has 0 spiro atoms. The van der Waals surface area contributed by atoms with Crippen molar-refractivity contribution in [2.24, 2.45) is 0 Å². The second-order valence-electron chi connectivity index (χ2n) is 6.67. The first-order chi connectivity index (χ1) is 14.7. The first-order valence-electron chi connectivity index (χ1n) is 9.20. The van der Waals surface area contributed by atoms with E-state index in [-0.39, 0.29) is 0 Å². The lowest BCUT2D eigenvalue weighted by Crippen LogP contribution is -1.96. The number of pyridine rings is 1. The molecule has 148 valence electrons. The van der Waals surface area contributed by atoms with Crippen molar-refractivity contribution < 1.29 is 0 Å². The van der Waals surface area contributed by atoms with Gasteiger partial charge >= 0.3 is 0 Å². The van der Waals surface area contributed by atoms with Crippen LogP contribution in [0.25, 0.3) is 42.5 Å². The normalized spacial score (nSPS) is 11.3. The summed E-state index contributed by atoms with van der Waals surface area (Å²) in [5, 5.41) is 4.45. The number of rotatable bonds is 5. The van der Waals surface area contributed by atoms with Crippen LogP contribution in [0, 0.1) is 0 Å². The van der Waals surface area contributed by atoms with Gasteiger partial charge in [0.2, 0.25) is 0 Å². The molecule has 0 N–H and O–H groups in total. The predicted octanol–water partition coefficient (Wildman–Crippen LogP) is 8.05. The second-order valence-corrected chi connectivity index (χ2v) is 9.46. The maximum absolute atomic E-state index is 6.60. The summed E-state index contributed by atoms with van der Waals surface area (Å²) in [6.07, 6.45) is 7.51. The monoisotopic (exact) mass is 467 g/mol. The van der Waals surface area contributed by atoms with Crippen LogP contribution in [0.15, 0.2) is 73.0 Å². The number of imidazole rings is 1. The lowest BCUT2D eigenvalue weighted by molar-refractivity contribution is 0.834.